The Hall–Kier alpha value is -0.940. The number of likely N-dealkylation sites (N-methyl/N-ethyl adjacent to an activating group) is 1. The maximum atomic E-state index is 9.82. The molecule has 1 N–H and O–H groups in total. The van der Waals surface area contributed by atoms with E-state index in [-0.39, 0.29) is 5.41 Å². The maximum Gasteiger partial charge on any atom is 0.240 e. The SMILES string of the molecule is CCN(Cc1nc(C(C)(C)C)no1)CC(C)(C)O. The van der Waals surface area contributed by atoms with Crippen molar-refractivity contribution in [3.8, 4) is 0 Å². The van der Waals surface area contributed by atoms with Gasteiger partial charge in [0.1, 0.15) is 0 Å². The number of hydrogen-bond acceptors (Lipinski definition) is 5. The second kappa shape index (κ2) is 5.36. The second-order valence-electron chi connectivity index (χ2n) is 6.38. The molecule has 0 radical (unpaired) electrons. The Morgan fingerprint density at radius 2 is 1.83 bits per heavy atom. The van der Waals surface area contributed by atoms with E-state index < -0.39 is 5.60 Å². The van der Waals surface area contributed by atoms with Crippen LogP contribution in [0.4, 0.5) is 0 Å². The summed E-state index contributed by atoms with van der Waals surface area (Å²) in [6.07, 6.45) is 0. The molecule has 0 saturated heterocycles. The molecule has 0 unspecified atom stereocenters. The van der Waals surface area contributed by atoms with Crippen LogP contribution in [0.5, 0.6) is 0 Å². The van der Waals surface area contributed by atoms with Crippen molar-refractivity contribution in [2.24, 2.45) is 0 Å². The molecule has 0 saturated carbocycles. The van der Waals surface area contributed by atoms with Gasteiger partial charge < -0.3 is 9.63 Å². The summed E-state index contributed by atoms with van der Waals surface area (Å²) in [5.41, 5.74) is -0.821. The summed E-state index contributed by atoms with van der Waals surface area (Å²) in [5.74, 6) is 1.32. The second-order valence-corrected chi connectivity index (χ2v) is 6.38. The lowest BCUT2D eigenvalue weighted by Gasteiger charge is -2.26. The maximum absolute atomic E-state index is 9.82. The summed E-state index contributed by atoms with van der Waals surface area (Å²) in [4.78, 5) is 6.48. The number of nitrogens with zero attached hydrogens (tertiary/aromatic N) is 3. The van der Waals surface area contributed by atoms with E-state index >= 15 is 0 Å². The highest BCUT2D eigenvalue weighted by molar-refractivity contribution is 4.99. The lowest BCUT2D eigenvalue weighted by Crippen LogP contribution is -2.38. The molecular formula is C13H25N3O2. The quantitative estimate of drug-likeness (QED) is 0.871. The Labute approximate surface area is 109 Å². The van der Waals surface area contributed by atoms with Crippen LogP contribution in [0.3, 0.4) is 0 Å². The summed E-state index contributed by atoms with van der Waals surface area (Å²) in [7, 11) is 0. The first kappa shape index (κ1) is 15.1. The average Bonchev–Trinajstić information content (AvgIpc) is 2.62. The van der Waals surface area contributed by atoms with Gasteiger partial charge in [0.15, 0.2) is 5.82 Å². The number of aromatic nitrogens is 2. The smallest absolute Gasteiger partial charge is 0.240 e. The van der Waals surface area contributed by atoms with Gasteiger partial charge in [0.2, 0.25) is 5.89 Å². The largest absolute Gasteiger partial charge is 0.389 e. The molecule has 0 aliphatic carbocycles. The van der Waals surface area contributed by atoms with Crippen LogP contribution in [0.25, 0.3) is 0 Å². The van der Waals surface area contributed by atoms with Gasteiger partial charge in [-0.3, -0.25) is 4.90 Å². The molecule has 1 aromatic rings. The predicted octanol–water partition coefficient (Wildman–Crippen LogP) is 1.96. The summed E-state index contributed by atoms with van der Waals surface area (Å²) >= 11 is 0. The minimum absolute atomic E-state index is 0.102. The number of aliphatic hydroxyl groups is 1. The van der Waals surface area contributed by atoms with Crippen molar-refractivity contribution in [1.82, 2.24) is 15.0 Å². The van der Waals surface area contributed by atoms with E-state index in [1.54, 1.807) is 13.8 Å². The minimum atomic E-state index is -0.719. The van der Waals surface area contributed by atoms with Crippen molar-refractivity contribution in [3.05, 3.63) is 11.7 Å². The van der Waals surface area contributed by atoms with E-state index in [1.165, 1.54) is 0 Å². The van der Waals surface area contributed by atoms with Gasteiger partial charge in [0, 0.05) is 12.0 Å². The van der Waals surface area contributed by atoms with Crippen molar-refractivity contribution in [2.45, 2.75) is 59.1 Å². The fraction of sp³-hybridized carbons (Fsp3) is 0.846. The lowest BCUT2D eigenvalue weighted by atomic mass is 9.96. The van der Waals surface area contributed by atoms with Crippen LogP contribution in [-0.4, -0.2) is 38.8 Å². The van der Waals surface area contributed by atoms with E-state index in [0.717, 1.165) is 12.4 Å². The molecule has 1 heterocycles. The summed E-state index contributed by atoms with van der Waals surface area (Å²) in [6, 6.07) is 0. The van der Waals surface area contributed by atoms with Gasteiger partial charge in [-0.1, -0.05) is 32.9 Å². The fourth-order valence-electron chi connectivity index (χ4n) is 1.64. The third-order valence-corrected chi connectivity index (χ3v) is 2.56. The molecule has 104 valence electrons. The molecule has 0 atom stereocenters. The van der Waals surface area contributed by atoms with Crippen LogP contribution in [-0.2, 0) is 12.0 Å². The standard InChI is InChI=1S/C13H25N3O2/c1-7-16(9-13(5,6)17)8-10-14-11(15-18-10)12(2,3)4/h17H,7-9H2,1-6H3. The van der Waals surface area contributed by atoms with Gasteiger partial charge in [-0.05, 0) is 20.4 Å². The molecule has 0 spiro atoms. The van der Waals surface area contributed by atoms with Crippen molar-refractivity contribution in [2.75, 3.05) is 13.1 Å². The highest BCUT2D eigenvalue weighted by Crippen LogP contribution is 2.19. The first-order valence-corrected chi connectivity index (χ1v) is 6.39. The summed E-state index contributed by atoms with van der Waals surface area (Å²) in [6.45, 7) is 13.8. The summed E-state index contributed by atoms with van der Waals surface area (Å²) < 4.78 is 5.25. The Kier molecular flexibility index (Phi) is 4.50. The van der Waals surface area contributed by atoms with Crippen molar-refractivity contribution >= 4 is 0 Å². The third-order valence-electron chi connectivity index (χ3n) is 2.56. The highest BCUT2D eigenvalue weighted by Gasteiger charge is 2.23. The van der Waals surface area contributed by atoms with Gasteiger partial charge in [-0.15, -0.1) is 0 Å². The van der Waals surface area contributed by atoms with Gasteiger partial charge in [0.05, 0.1) is 12.1 Å². The minimum Gasteiger partial charge on any atom is -0.389 e. The van der Waals surface area contributed by atoms with Crippen LogP contribution >= 0.6 is 0 Å². The predicted molar refractivity (Wildman–Crippen MR) is 70.2 cm³/mol. The number of rotatable bonds is 5. The average molecular weight is 255 g/mol. The van der Waals surface area contributed by atoms with E-state index in [4.69, 9.17) is 4.52 Å². The van der Waals surface area contributed by atoms with Gasteiger partial charge >= 0.3 is 0 Å². The zero-order chi connectivity index (χ0) is 14.0. The molecule has 0 bridgehead atoms. The molecule has 5 nitrogen and oxygen atoms in total. The van der Waals surface area contributed by atoms with Crippen LogP contribution in [0.1, 0.15) is 53.3 Å². The van der Waals surface area contributed by atoms with Crippen molar-refractivity contribution in [1.29, 1.82) is 0 Å². The van der Waals surface area contributed by atoms with Crippen LogP contribution in [0, 0.1) is 0 Å². The Bertz CT molecular complexity index is 374. The number of hydrogen-bond donors (Lipinski definition) is 1. The molecule has 5 heteroatoms. The van der Waals surface area contributed by atoms with Crippen LogP contribution in [0.2, 0.25) is 0 Å². The Morgan fingerprint density at radius 1 is 1.22 bits per heavy atom. The van der Waals surface area contributed by atoms with E-state index in [1.807, 2.05) is 6.92 Å². The first-order valence-electron chi connectivity index (χ1n) is 6.39. The molecule has 0 aromatic carbocycles. The topological polar surface area (TPSA) is 62.4 Å². The van der Waals surface area contributed by atoms with E-state index in [0.29, 0.717) is 19.0 Å². The lowest BCUT2D eigenvalue weighted by molar-refractivity contribution is 0.0322. The first-order chi connectivity index (χ1) is 8.12. The van der Waals surface area contributed by atoms with Crippen molar-refractivity contribution < 1.29 is 9.63 Å². The van der Waals surface area contributed by atoms with E-state index in [2.05, 4.69) is 35.8 Å². The van der Waals surface area contributed by atoms with Crippen LogP contribution in [0.15, 0.2) is 4.52 Å². The van der Waals surface area contributed by atoms with E-state index in [9.17, 15) is 5.11 Å². The molecule has 0 fully saturated rings. The van der Waals surface area contributed by atoms with Gasteiger partial charge in [0.25, 0.3) is 0 Å². The normalized spacial score (nSPS) is 13.3. The van der Waals surface area contributed by atoms with Crippen LogP contribution < -0.4 is 0 Å². The zero-order valence-electron chi connectivity index (χ0n) is 12.3. The molecular weight excluding hydrogens is 230 g/mol. The monoisotopic (exact) mass is 255 g/mol. The Morgan fingerprint density at radius 3 is 2.22 bits per heavy atom. The zero-order valence-corrected chi connectivity index (χ0v) is 12.3. The molecule has 0 amide bonds. The molecule has 0 aliphatic heterocycles. The Balaban J connectivity index is 2.68. The fourth-order valence-corrected chi connectivity index (χ4v) is 1.64. The molecule has 1 rings (SSSR count). The van der Waals surface area contributed by atoms with Crippen molar-refractivity contribution in [3.63, 3.8) is 0 Å². The molecule has 18 heavy (non-hydrogen) atoms. The summed E-state index contributed by atoms with van der Waals surface area (Å²) in [5, 5.41) is 13.8. The highest BCUT2D eigenvalue weighted by atomic mass is 16.5. The van der Waals surface area contributed by atoms with Gasteiger partial charge in [-0.2, -0.15) is 4.98 Å². The van der Waals surface area contributed by atoms with Gasteiger partial charge in [-0.25, -0.2) is 0 Å². The molecule has 1 aromatic heterocycles. The molecule has 0 aliphatic rings. The third kappa shape index (κ3) is 4.74.